The summed E-state index contributed by atoms with van der Waals surface area (Å²) in [5.41, 5.74) is 0.808. The summed E-state index contributed by atoms with van der Waals surface area (Å²) in [5, 5.41) is 11.3. The molecule has 3 aliphatic carbocycles. The molecule has 156 valence electrons. The van der Waals surface area contributed by atoms with Gasteiger partial charge in [-0.2, -0.15) is 5.06 Å². The summed E-state index contributed by atoms with van der Waals surface area (Å²) in [5.74, 6) is 1.96. The maximum atomic E-state index is 13.2. The number of fused-ring (bicyclic) bond motifs is 5. The molecule has 0 bridgehead atoms. The van der Waals surface area contributed by atoms with Gasteiger partial charge < -0.3 is 4.90 Å². The van der Waals surface area contributed by atoms with Crippen LogP contribution in [0.4, 0.5) is 0 Å². The highest BCUT2D eigenvalue weighted by Crippen LogP contribution is 2.66. The van der Waals surface area contributed by atoms with E-state index in [-0.39, 0.29) is 22.7 Å². The molecule has 6 atom stereocenters. The smallest absolute Gasteiger partial charge is 0.250 e. The number of carbonyl (C=O) groups excluding carboxylic acids is 2. The number of rotatable bonds is 3. The van der Waals surface area contributed by atoms with Crippen molar-refractivity contribution in [2.24, 2.45) is 34.5 Å². The zero-order chi connectivity index (χ0) is 20.3. The highest BCUT2D eigenvalue weighted by molar-refractivity contribution is 5.80. The molecule has 0 unspecified atom stereocenters. The lowest BCUT2D eigenvalue weighted by atomic mass is 9.49. The SMILES string of the molecule is CCN(CC)C(=O)[C@H]1CC[C@H]2[C@@H]3CC=C4N(O)C(=O)CC[C@]4(C)[C@H]3CC[C@]12C. The Morgan fingerprint density at radius 1 is 1.18 bits per heavy atom. The van der Waals surface area contributed by atoms with Crippen LogP contribution in [0, 0.1) is 34.5 Å². The van der Waals surface area contributed by atoms with Crippen LogP contribution < -0.4 is 0 Å². The molecule has 1 heterocycles. The van der Waals surface area contributed by atoms with E-state index in [0.717, 1.165) is 62.4 Å². The Kier molecular flexibility index (Phi) is 4.88. The molecule has 1 saturated heterocycles. The summed E-state index contributed by atoms with van der Waals surface area (Å²) in [6.45, 7) is 10.4. The van der Waals surface area contributed by atoms with Crippen molar-refractivity contribution in [1.29, 1.82) is 0 Å². The minimum atomic E-state index is -0.173. The molecule has 2 amide bonds. The number of piperidine rings is 1. The van der Waals surface area contributed by atoms with E-state index >= 15 is 0 Å². The topological polar surface area (TPSA) is 60.9 Å². The molecule has 4 aliphatic rings. The average Bonchev–Trinajstić information content (AvgIpc) is 3.03. The minimum Gasteiger partial charge on any atom is -0.343 e. The Bertz CT molecular complexity index is 700. The van der Waals surface area contributed by atoms with Crippen LogP contribution in [0.2, 0.25) is 0 Å². The second-order valence-corrected chi connectivity index (χ2v) is 10.0. The van der Waals surface area contributed by atoms with Crippen LogP contribution in [0.5, 0.6) is 0 Å². The second kappa shape index (κ2) is 6.86. The number of allylic oxidation sites excluding steroid dienone is 2. The summed E-state index contributed by atoms with van der Waals surface area (Å²) in [4.78, 5) is 27.3. The molecule has 4 rings (SSSR count). The fourth-order valence-electron chi connectivity index (χ4n) is 7.49. The second-order valence-electron chi connectivity index (χ2n) is 10.0. The zero-order valence-corrected chi connectivity index (χ0v) is 17.9. The molecule has 28 heavy (non-hydrogen) atoms. The monoisotopic (exact) mass is 388 g/mol. The largest absolute Gasteiger partial charge is 0.343 e. The van der Waals surface area contributed by atoms with E-state index in [4.69, 9.17) is 0 Å². The molecule has 1 N–H and O–H groups in total. The van der Waals surface area contributed by atoms with E-state index in [2.05, 4.69) is 33.8 Å². The molecule has 1 aliphatic heterocycles. The molecule has 0 aromatic heterocycles. The summed E-state index contributed by atoms with van der Waals surface area (Å²) in [7, 11) is 0. The molecule has 0 aromatic rings. The normalized spacial score (nSPS) is 42.4. The lowest BCUT2D eigenvalue weighted by Gasteiger charge is -2.57. The van der Waals surface area contributed by atoms with E-state index in [0.29, 0.717) is 30.1 Å². The number of hydrogen-bond donors (Lipinski definition) is 1. The van der Waals surface area contributed by atoms with Gasteiger partial charge in [0, 0.05) is 30.8 Å². The predicted molar refractivity (Wildman–Crippen MR) is 107 cm³/mol. The molecule has 0 spiro atoms. The first-order valence-electron chi connectivity index (χ1n) is 11.3. The van der Waals surface area contributed by atoms with Gasteiger partial charge in [-0.1, -0.05) is 19.9 Å². The van der Waals surface area contributed by atoms with Gasteiger partial charge in [0.1, 0.15) is 0 Å². The molecule has 2 saturated carbocycles. The van der Waals surface area contributed by atoms with Crippen molar-refractivity contribution >= 4 is 11.8 Å². The molecular formula is C23H36N2O3. The average molecular weight is 389 g/mol. The van der Waals surface area contributed by atoms with Gasteiger partial charge in [0.2, 0.25) is 11.8 Å². The molecule has 5 nitrogen and oxygen atoms in total. The van der Waals surface area contributed by atoms with Crippen LogP contribution >= 0.6 is 0 Å². The highest BCUT2D eigenvalue weighted by atomic mass is 16.5. The first-order valence-corrected chi connectivity index (χ1v) is 11.3. The van der Waals surface area contributed by atoms with E-state index in [1.807, 2.05) is 4.90 Å². The van der Waals surface area contributed by atoms with Crippen LogP contribution in [-0.2, 0) is 9.59 Å². The fraction of sp³-hybridized carbons (Fsp3) is 0.826. The van der Waals surface area contributed by atoms with Crippen molar-refractivity contribution in [3.05, 3.63) is 11.8 Å². The van der Waals surface area contributed by atoms with Crippen LogP contribution in [0.25, 0.3) is 0 Å². The van der Waals surface area contributed by atoms with Gasteiger partial charge in [-0.05, 0) is 75.5 Å². The third kappa shape index (κ3) is 2.61. The van der Waals surface area contributed by atoms with Crippen LogP contribution in [0.15, 0.2) is 11.8 Å². The number of carbonyl (C=O) groups is 2. The van der Waals surface area contributed by atoms with Gasteiger partial charge in [-0.3, -0.25) is 14.8 Å². The fourth-order valence-corrected chi connectivity index (χ4v) is 7.49. The Morgan fingerprint density at radius 2 is 1.89 bits per heavy atom. The highest BCUT2D eigenvalue weighted by Gasteiger charge is 2.61. The summed E-state index contributed by atoms with van der Waals surface area (Å²) < 4.78 is 0. The van der Waals surface area contributed by atoms with E-state index < -0.39 is 0 Å². The summed E-state index contributed by atoms with van der Waals surface area (Å²) in [6.07, 6.45) is 8.64. The maximum Gasteiger partial charge on any atom is 0.250 e. The van der Waals surface area contributed by atoms with E-state index in [1.54, 1.807) is 0 Å². The molecule has 3 fully saturated rings. The van der Waals surface area contributed by atoms with Gasteiger partial charge in [-0.15, -0.1) is 0 Å². The zero-order valence-electron chi connectivity index (χ0n) is 17.9. The Morgan fingerprint density at radius 3 is 2.57 bits per heavy atom. The van der Waals surface area contributed by atoms with Gasteiger partial charge >= 0.3 is 0 Å². The first-order chi connectivity index (χ1) is 13.3. The number of amides is 2. The van der Waals surface area contributed by atoms with Crippen molar-refractivity contribution in [3.63, 3.8) is 0 Å². The van der Waals surface area contributed by atoms with Gasteiger partial charge in [-0.25, -0.2) is 0 Å². The standard InChI is InChI=1S/C23H36N2O3/c1-5-24(6-2)21(27)18-9-8-16-15-7-10-19-23(4,14-12-20(26)25(19)28)17(15)11-13-22(16,18)3/h10,15-18,28H,5-9,11-14H2,1-4H3/t15-,16-,17-,18+,22-,23+/m0/s1. The van der Waals surface area contributed by atoms with E-state index in [9.17, 15) is 14.8 Å². The van der Waals surface area contributed by atoms with Crippen LogP contribution in [0.3, 0.4) is 0 Å². The van der Waals surface area contributed by atoms with Gasteiger partial charge in [0.25, 0.3) is 0 Å². The van der Waals surface area contributed by atoms with Crippen molar-refractivity contribution in [1.82, 2.24) is 9.96 Å². The molecule has 0 radical (unpaired) electrons. The Hall–Kier alpha value is -1.36. The summed E-state index contributed by atoms with van der Waals surface area (Å²) in [6, 6.07) is 0. The van der Waals surface area contributed by atoms with Crippen molar-refractivity contribution in [2.75, 3.05) is 13.1 Å². The lowest BCUT2D eigenvalue weighted by molar-refractivity contribution is -0.174. The predicted octanol–water partition coefficient (Wildman–Crippen LogP) is 4.22. The van der Waals surface area contributed by atoms with Crippen molar-refractivity contribution in [3.8, 4) is 0 Å². The third-order valence-corrected chi connectivity index (χ3v) is 9.12. The lowest BCUT2D eigenvalue weighted by Crippen LogP contribution is -2.54. The Balaban J connectivity index is 1.62. The Labute approximate surface area is 169 Å². The quantitative estimate of drug-likeness (QED) is 0.737. The minimum absolute atomic E-state index is 0.0892. The number of nitrogens with zero attached hydrogens (tertiary/aromatic N) is 2. The maximum absolute atomic E-state index is 13.2. The third-order valence-electron chi connectivity index (χ3n) is 9.12. The molecule has 0 aromatic carbocycles. The summed E-state index contributed by atoms with van der Waals surface area (Å²) >= 11 is 0. The van der Waals surface area contributed by atoms with E-state index in [1.165, 1.54) is 0 Å². The van der Waals surface area contributed by atoms with Crippen LogP contribution in [-0.4, -0.2) is 40.1 Å². The van der Waals surface area contributed by atoms with Crippen molar-refractivity contribution < 1.29 is 14.8 Å². The first kappa shape index (κ1) is 19.9. The number of hydrogen-bond acceptors (Lipinski definition) is 3. The van der Waals surface area contributed by atoms with Crippen LogP contribution in [0.1, 0.15) is 72.6 Å². The molecule has 5 heteroatoms. The van der Waals surface area contributed by atoms with Gasteiger partial charge in [0.05, 0.1) is 5.70 Å². The molecular weight excluding hydrogens is 352 g/mol. The van der Waals surface area contributed by atoms with Crippen molar-refractivity contribution in [2.45, 2.75) is 72.6 Å². The number of hydroxylamine groups is 2. The van der Waals surface area contributed by atoms with Gasteiger partial charge in [0.15, 0.2) is 0 Å².